The molecule has 3 heteroatoms. The van der Waals surface area contributed by atoms with E-state index >= 15 is 0 Å². The Morgan fingerprint density at radius 2 is 2.33 bits per heavy atom. The first-order valence-electron chi connectivity index (χ1n) is 1.49. The molecule has 0 aliphatic rings. The van der Waals surface area contributed by atoms with Gasteiger partial charge in [0.25, 0.3) is 0 Å². The number of rotatable bonds is 1. The molecule has 0 fully saturated rings. The van der Waals surface area contributed by atoms with Crippen LogP contribution in [-0.2, 0) is 0 Å². The van der Waals surface area contributed by atoms with Gasteiger partial charge in [0, 0.05) is 0 Å². The maximum absolute atomic E-state index is 8.06. The molecule has 0 unspecified atom stereocenters. The largest absolute Gasteiger partial charge is 0.393 e. The van der Waals surface area contributed by atoms with Crippen molar-refractivity contribution in [1.29, 1.82) is 5.26 Å². The highest BCUT2D eigenvalue weighted by atomic mass is 16.3. The van der Waals surface area contributed by atoms with Gasteiger partial charge in [0.1, 0.15) is 0 Å². The van der Waals surface area contributed by atoms with Crippen LogP contribution in [0.3, 0.4) is 0 Å². The molecule has 0 aromatic heterocycles. The molecule has 2 N–H and O–H groups in total. The molecule has 34 valence electrons. The van der Waals surface area contributed by atoms with Crippen LogP contribution < -0.4 is 0 Å². The Morgan fingerprint density at radius 3 is 2.33 bits per heavy atom. The van der Waals surface area contributed by atoms with E-state index in [4.69, 9.17) is 15.5 Å². The van der Waals surface area contributed by atoms with Crippen molar-refractivity contribution in [2.24, 2.45) is 0 Å². The summed E-state index contributed by atoms with van der Waals surface area (Å²) >= 11 is 0. The van der Waals surface area contributed by atoms with Crippen LogP contribution in [0.2, 0.25) is 0 Å². The fraction of sp³-hybridized carbons (Fsp3) is 0.667. The summed E-state index contributed by atoms with van der Waals surface area (Å²) in [5, 5.41) is 23.6. The van der Waals surface area contributed by atoms with Crippen LogP contribution in [-0.4, -0.2) is 22.9 Å². The first-order valence-corrected chi connectivity index (χ1v) is 1.49. The van der Waals surface area contributed by atoms with Gasteiger partial charge < -0.3 is 10.2 Å². The monoisotopic (exact) mass is 87.0 g/mol. The lowest BCUT2D eigenvalue weighted by atomic mass is 10.4. The fourth-order valence-corrected chi connectivity index (χ4v) is 0.0408. The zero-order chi connectivity index (χ0) is 4.99. The third kappa shape index (κ3) is 1.70. The Kier molecular flexibility index (Phi) is 2.38. The molecule has 0 amide bonds. The van der Waals surface area contributed by atoms with E-state index in [2.05, 4.69) is 0 Å². The molecule has 1 atom stereocenters. The lowest BCUT2D eigenvalue weighted by Gasteiger charge is -1.86. The van der Waals surface area contributed by atoms with Crippen LogP contribution in [0.4, 0.5) is 0 Å². The highest BCUT2D eigenvalue weighted by molar-refractivity contribution is 4.80. The second-order valence-electron chi connectivity index (χ2n) is 0.827. The van der Waals surface area contributed by atoms with Crippen molar-refractivity contribution in [3.05, 3.63) is 0 Å². The first kappa shape index (κ1) is 5.41. The van der Waals surface area contributed by atoms with Crippen molar-refractivity contribution >= 4 is 0 Å². The third-order valence-electron chi connectivity index (χ3n) is 0.322. The average molecular weight is 87.1 g/mol. The van der Waals surface area contributed by atoms with E-state index in [0.29, 0.717) is 0 Å². The zero-order valence-electron chi connectivity index (χ0n) is 3.13. The Hall–Kier alpha value is -0.590. The molecule has 0 aromatic rings. The van der Waals surface area contributed by atoms with Gasteiger partial charge in [-0.1, -0.05) is 0 Å². The predicted molar refractivity (Wildman–Crippen MR) is 18.7 cm³/mol. The van der Waals surface area contributed by atoms with Crippen LogP contribution in [0.1, 0.15) is 0 Å². The lowest BCUT2D eigenvalue weighted by Crippen LogP contribution is -2.06. The van der Waals surface area contributed by atoms with Crippen molar-refractivity contribution in [2.75, 3.05) is 6.61 Å². The summed E-state index contributed by atoms with van der Waals surface area (Å²) in [5.74, 6) is 0. The smallest absolute Gasteiger partial charge is 0.163 e. The zero-order valence-corrected chi connectivity index (χ0v) is 3.13. The number of hydrogen-bond acceptors (Lipinski definition) is 3. The number of nitriles is 1. The van der Waals surface area contributed by atoms with Crippen molar-refractivity contribution < 1.29 is 10.2 Å². The molecular formula is C3H5NO2. The van der Waals surface area contributed by atoms with Crippen LogP contribution in [0, 0.1) is 11.3 Å². The molecular weight excluding hydrogens is 82.0 g/mol. The van der Waals surface area contributed by atoms with Gasteiger partial charge in [-0.05, 0) is 0 Å². The Bertz CT molecular complexity index is 65.7. The number of aliphatic hydroxyl groups is 2. The molecule has 0 rings (SSSR count). The fourth-order valence-electron chi connectivity index (χ4n) is 0.0408. The van der Waals surface area contributed by atoms with E-state index in [1.165, 1.54) is 6.07 Å². The minimum atomic E-state index is -1.20. The minimum absolute atomic E-state index is 0.476. The molecule has 0 spiro atoms. The number of hydrogen-bond donors (Lipinski definition) is 2. The summed E-state index contributed by atoms with van der Waals surface area (Å²) in [6, 6.07) is 1.42. The molecule has 6 heavy (non-hydrogen) atoms. The normalized spacial score (nSPS) is 12.8. The molecule has 0 saturated carbocycles. The summed E-state index contributed by atoms with van der Waals surface area (Å²) in [6.45, 7) is -0.476. The van der Waals surface area contributed by atoms with Gasteiger partial charge >= 0.3 is 0 Å². The molecule has 0 radical (unpaired) electrons. The van der Waals surface area contributed by atoms with E-state index in [1.807, 2.05) is 0 Å². The van der Waals surface area contributed by atoms with E-state index in [9.17, 15) is 0 Å². The van der Waals surface area contributed by atoms with Crippen LogP contribution in [0.25, 0.3) is 0 Å². The highest BCUT2D eigenvalue weighted by Gasteiger charge is 1.92. The second kappa shape index (κ2) is 2.64. The summed E-state index contributed by atoms with van der Waals surface area (Å²) in [5.41, 5.74) is 0. The molecule has 0 saturated heterocycles. The van der Waals surface area contributed by atoms with Gasteiger partial charge in [0.05, 0.1) is 12.7 Å². The summed E-state index contributed by atoms with van der Waals surface area (Å²) in [7, 11) is 0. The maximum atomic E-state index is 8.06. The van der Waals surface area contributed by atoms with E-state index in [-0.39, 0.29) is 0 Å². The van der Waals surface area contributed by atoms with Crippen LogP contribution in [0.15, 0.2) is 0 Å². The van der Waals surface area contributed by atoms with Crippen molar-refractivity contribution in [3.63, 3.8) is 0 Å². The van der Waals surface area contributed by atoms with Crippen LogP contribution >= 0.6 is 0 Å². The summed E-state index contributed by atoms with van der Waals surface area (Å²) in [4.78, 5) is 0. The van der Waals surface area contributed by atoms with Gasteiger partial charge in [-0.3, -0.25) is 0 Å². The standard InChI is InChI=1S/C3H5NO2/c4-1-3(6)2-5/h3,5-6H,2H2/t3-/m0/s1. The molecule has 0 bridgehead atoms. The molecule has 0 heterocycles. The number of nitrogens with zero attached hydrogens (tertiary/aromatic N) is 1. The Balaban J connectivity index is 3.04. The molecule has 3 nitrogen and oxygen atoms in total. The quantitative estimate of drug-likeness (QED) is 0.397. The molecule has 0 aliphatic heterocycles. The van der Waals surface area contributed by atoms with E-state index < -0.39 is 12.7 Å². The van der Waals surface area contributed by atoms with Gasteiger partial charge in [0.15, 0.2) is 6.10 Å². The number of aliphatic hydroxyl groups excluding tert-OH is 2. The predicted octanol–water partition coefficient (Wildman–Crippen LogP) is -1.14. The maximum Gasteiger partial charge on any atom is 0.163 e. The topological polar surface area (TPSA) is 64.2 Å². The average Bonchev–Trinajstić information content (AvgIpc) is 1.65. The van der Waals surface area contributed by atoms with Gasteiger partial charge in [0.2, 0.25) is 0 Å². The van der Waals surface area contributed by atoms with Crippen LogP contribution in [0.5, 0.6) is 0 Å². The lowest BCUT2D eigenvalue weighted by molar-refractivity contribution is 0.136. The highest BCUT2D eigenvalue weighted by Crippen LogP contribution is 1.69. The Labute approximate surface area is 35.5 Å². The third-order valence-corrected chi connectivity index (χ3v) is 0.322. The SMILES string of the molecule is N#C[C@H](O)CO. The van der Waals surface area contributed by atoms with E-state index in [1.54, 1.807) is 0 Å². The van der Waals surface area contributed by atoms with Gasteiger partial charge in [-0.15, -0.1) is 0 Å². The van der Waals surface area contributed by atoms with Crippen molar-refractivity contribution in [1.82, 2.24) is 0 Å². The van der Waals surface area contributed by atoms with Gasteiger partial charge in [-0.25, -0.2) is 0 Å². The summed E-state index contributed by atoms with van der Waals surface area (Å²) < 4.78 is 0. The minimum Gasteiger partial charge on any atom is -0.393 e. The first-order chi connectivity index (χ1) is 2.81. The Morgan fingerprint density at radius 1 is 1.83 bits per heavy atom. The van der Waals surface area contributed by atoms with Crippen molar-refractivity contribution in [2.45, 2.75) is 6.10 Å². The van der Waals surface area contributed by atoms with Gasteiger partial charge in [-0.2, -0.15) is 5.26 Å². The second-order valence-corrected chi connectivity index (χ2v) is 0.827. The molecule has 0 aliphatic carbocycles. The van der Waals surface area contributed by atoms with E-state index in [0.717, 1.165) is 0 Å². The summed E-state index contributed by atoms with van der Waals surface area (Å²) in [6.07, 6.45) is -1.20. The van der Waals surface area contributed by atoms with Crippen molar-refractivity contribution in [3.8, 4) is 6.07 Å². The molecule has 0 aromatic carbocycles.